The minimum absolute atomic E-state index is 0. The predicted molar refractivity (Wildman–Crippen MR) is 158 cm³/mol. The number of hydrogen-bond acceptors (Lipinski definition) is 2. The van der Waals surface area contributed by atoms with Gasteiger partial charge in [-0.2, -0.15) is 12.1 Å². The molecule has 0 atom stereocenters. The maximum absolute atomic E-state index is 13.7. The molecule has 0 amide bonds. The van der Waals surface area contributed by atoms with Crippen LogP contribution in [0.2, 0.25) is 39.3 Å². The quantitative estimate of drug-likeness (QED) is 0.181. The van der Waals surface area contributed by atoms with Crippen LogP contribution in [0.25, 0.3) is 0 Å². The second kappa shape index (κ2) is 16.8. The van der Waals surface area contributed by atoms with Crippen molar-refractivity contribution in [1.29, 1.82) is 0 Å². The molecule has 0 aliphatic carbocycles. The van der Waals surface area contributed by atoms with Crippen molar-refractivity contribution in [1.82, 2.24) is 0 Å². The molecule has 43 heavy (non-hydrogen) atoms. The van der Waals surface area contributed by atoms with Crippen LogP contribution in [-0.4, -0.2) is 26.4 Å². The van der Waals surface area contributed by atoms with E-state index >= 15 is 0 Å². The molecular formula is C32H34Cl2F4O2Si2Ti. The summed E-state index contributed by atoms with van der Waals surface area (Å²) in [5, 5.41) is 22.6. The van der Waals surface area contributed by atoms with Crippen LogP contribution >= 0.6 is 0 Å². The fourth-order valence-corrected chi connectivity index (χ4v) is 7.21. The van der Waals surface area contributed by atoms with Gasteiger partial charge in [0, 0.05) is 23.3 Å². The molecule has 0 aliphatic heterocycles. The third-order valence-corrected chi connectivity index (χ3v) is 10.5. The fourth-order valence-electron chi connectivity index (χ4n) is 4.28. The molecule has 0 saturated heterocycles. The molecule has 0 unspecified atom stereocenters. The molecule has 228 valence electrons. The molecule has 0 spiro atoms. The molecular weight excluding hydrogens is 667 g/mol. The molecule has 4 aromatic carbocycles. The van der Waals surface area contributed by atoms with Gasteiger partial charge >= 0.3 is 21.7 Å². The average Bonchev–Trinajstić information content (AvgIpc) is 2.84. The average molecular weight is 702 g/mol. The van der Waals surface area contributed by atoms with E-state index in [-0.39, 0.29) is 82.0 Å². The van der Waals surface area contributed by atoms with Gasteiger partial charge in [-0.3, -0.25) is 17.6 Å². The Morgan fingerprint density at radius 1 is 0.605 bits per heavy atom. The maximum Gasteiger partial charge on any atom is 4.00 e. The summed E-state index contributed by atoms with van der Waals surface area (Å²) in [6, 6.07) is 20.1. The van der Waals surface area contributed by atoms with Gasteiger partial charge in [-0.1, -0.05) is 75.7 Å². The van der Waals surface area contributed by atoms with Crippen molar-refractivity contribution in [3.8, 4) is 11.5 Å². The van der Waals surface area contributed by atoms with Gasteiger partial charge in [0.05, 0.1) is 16.1 Å². The third-order valence-electron chi connectivity index (χ3n) is 6.46. The van der Waals surface area contributed by atoms with Crippen LogP contribution in [0.5, 0.6) is 11.5 Å². The fraction of sp³-hybridized carbons (Fsp3) is 0.250. The van der Waals surface area contributed by atoms with Crippen molar-refractivity contribution in [3.63, 3.8) is 0 Å². The van der Waals surface area contributed by atoms with E-state index < -0.39 is 39.4 Å². The first kappa shape index (κ1) is 40.9. The van der Waals surface area contributed by atoms with Crippen LogP contribution in [0.4, 0.5) is 17.6 Å². The second-order valence-corrected chi connectivity index (χ2v) is 21.8. The van der Waals surface area contributed by atoms with Gasteiger partial charge in [-0.15, -0.1) is 35.4 Å². The number of hydrogen-bond donors (Lipinski definition) is 2. The van der Waals surface area contributed by atoms with Gasteiger partial charge in [-0.05, 0) is 34.3 Å². The van der Waals surface area contributed by atoms with E-state index in [0.717, 1.165) is 34.6 Å². The predicted octanol–water partition coefficient (Wildman–Crippen LogP) is 1.22. The largest absolute Gasteiger partial charge is 4.00 e. The monoisotopic (exact) mass is 700 g/mol. The van der Waals surface area contributed by atoms with Crippen LogP contribution in [0.3, 0.4) is 0 Å². The Morgan fingerprint density at radius 2 is 0.930 bits per heavy atom. The molecule has 4 rings (SSSR count). The van der Waals surface area contributed by atoms with Gasteiger partial charge < -0.3 is 35.0 Å². The molecule has 4 aromatic rings. The number of phenols is 2. The van der Waals surface area contributed by atoms with Crippen LogP contribution in [0, 0.1) is 35.4 Å². The topological polar surface area (TPSA) is 40.5 Å². The summed E-state index contributed by atoms with van der Waals surface area (Å²) in [6.45, 7) is 12.8. The molecule has 0 aliphatic rings. The summed E-state index contributed by atoms with van der Waals surface area (Å²) in [4.78, 5) is 0. The zero-order valence-corrected chi connectivity index (χ0v) is 29.9. The van der Waals surface area contributed by atoms with Gasteiger partial charge in [0.15, 0.2) is 0 Å². The van der Waals surface area contributed by atoms with Crippen molar-refractivity contribution >= 4 is 26.5 Å². The Balaban J connectivity index is 0.000000767. The summed E-state index contributed by atoms with van der Waals surface area (Å²) in [5.41, 5.74) is 1.81. The smallest absolute Gasteiger partial charge is 1.00 e. The number of rotatable bonds is 6. The molecule has 0 aromatic heterocycles. The van der Waals surface area contributed by atoms with Crippen LogP contribution in [-0.2, 0) is 34.6 Å². The first-order chi connectivity index (χ1) is 18.6. The van der Waals surface area contributed by atoms with E-state index in [4.69, 9.17) is 0 Å². The Kier molecular flexibility index (Phi) is 16.0. The SMILES string of the molecule is C[Si](C)(C)c1cccc(Cc2[c-]cc(F)cc2F)c1O.C[Si](C)(C)c1cccc(Cc2[c-]cc(F)cc2F)c1O.[Cl-].[Cl-].[Ti+4]. The first-order valence-corrected chi connectivity index (χ1v) is 19.9. The number of para-hydroxylation sites is 2. The van der Waals surface area contributed by atoms with E-state index in [0.29, 0.717) is 11.1 Å². The van der Waals surface area contributed by atoms with Crippen LogP contribution < -0.4 is 35.2 Å². The molecule has 0 bridgehead atoms. The molecule has 2 N–H and O–H groups in total. The Bertz CT molecular complexity index is 1400. The maximum atomic E-state index is 13.7. The minimum Gasteiger partial charge on any atom is -1.00 e. The van der Waals surface area contributed by atoms with Crippen molar-refractivity contribution in [2.75, 3.05) is 0 Å². The normalized spacial score (nSPS) is 10.8. The van der Waals surface area contributed by atoms with Crippen molar-refractivity contribution in [2.45, 2.75) is 52.1 Å². The summed E-state index contributed by atoms with van der Waals surface area (Å²) >= 11 is 0. The molecule has 11 heteroatoms. The molecule has 0 radical (unpaired) electrons. The minimum atomic E-state index is -1.66. The number of phenolic OH excluding ortho intramolecular Hbond substituents is 2. The Labute approximate surface area is 281 Å². The van der Waals surface area contributed by atoms with Crippen LogP contribution in [0.15, 0.2) is 60.7 Å². The van der Waals surface area contributed by atoms with E-state index in [1.807, 2.05) is 24.3 Å². The standard InChI is InChI=1S/2C16H17F2OSi.2ClH.Ti/c2*1-20(2,3)15-6-4-5-12(16(15)19)9-11-7-8-13(17)10-14(11)18;;;/h2*4-6,8,10,19H,9H2,1-3H3;2*1H;/q2*-1;;;+4/p-2. The van der Waals surface area contributed by atoms with E-state index in [2.05, 4.69) is 51.4 Å². The molecule has 0 saturated carbocycles. The summed E-state index contributed by atoms with van der Waals surface area (Å²) in [7, 11) is -3.33. The zero-order chi connectivity index (χ0) is 29.8. The van der Waals surface area contributed by atoms with E-state index in [1.54, 1.807) is 12.1 Å². The second-order valence-electron chi connectivity index (χ2n) is 11.8. The van der Waals surface area contributed by atoms with E-state index in [9.17, 15) is 27.8 Å². The zero-order valence-electron chi connectivity index (χ0n) is 24.8. The first-order valence-electron chi connectivity index (χ1n) is 12.9. The summed E-state index contributed by atoms with van der Waals surface area (Å²) in [6.07, 6.45) is 0.409. The number of halogens is 6. The van der Waals surface area contributed by atoms with Crippen molar-refractivity contribution < 1.29 is 74.3 Å². The summed E-state index contributed by atoms with van der Waals surface area (Å²) in [5.74, 6) is -2.11. The van der Waals surface area contributed by atoms with Gasteiger partial charge in [0.25, 0.3) is 0 Å². The van der Waals surface area contributed by atoms with Crippen molar-refractivity contribution in [2.24, 2.45) is 0 Å². The summed E-state index contributed by atoms with van der Waals surface area (Å²) < 4.78 is 53.1. The molecule has 2 nitrogen and oxygen atoms in total. The Hall–Kier alpha value is -2.07. The van der Waals surface area contributed by atoms with Gasteiger partial charge in [0.2, 0.25) is 0 Å². The molecule has 0 fully saturated rings. The van der Waals surface area contributed by atoms with Gasteiger partial charge in [0.1, 0.15) is 11.5 Å². The number of benzene rings is 4. The van der Waals surface area contributed by atoms with E-state index in [1.165, 1.54) is 0 Å². The van der Waals surface area contributed by atoms with Crippen LogP contribution in [0.1, 0.15) is 22.3 Å². The number of aromatic hydroxyl groups is 2. The van der Waals surface area contributed by atoms with Gasteiger partial charge in [-0.25, -0.2) is 0 Å². The third kappa shape index (κ3) is 11.1. The molecule has 0 heterocycles. The Morgan fingerprint density at radius 3 is 1.21 bits per heavy atom. The van der Waals surface area contributed by atoms with Crippen molar-refractivity contribution in [3.05, 3.63) is 118 Å².